The molecule has 2 aliphatic carbocycles. The maximum atomic E-state index is 6.60. The van der Waals surface area contributed by atoms with E-state index in [-0.39, 0.29) is 0 Å². The maximum absolute atomic E-state index is 6.60. The highest BCUT2D eigenvalue weighted by Gasteiger charge is 2.51. The second-order valence-corrected chi connectivity index (χ2v) is 15.8. The van der Waals surface area contributed by atoms with Crippen LogP contribution in [0.3, 0.4) is 0 Å². The van der Waals surface area contributed by atoms with Crippen LogP contribution in [0.2, 0.25) is 0 Å². The molecule has 278 valence electrons. The number of furan rings is 1. The van der Waals surface area contributed by atoms with Crippen molar-refractivity contribution >= 4 is 32.7 Å². The Labute approximate surface area is 346 Å². The molecule has 0 fully saturated rings. The standard InChI is InChI=1S/C56H33N3O/c1-2-17-36-34(15-1)16-13-24-37(36)38-18-3-4-23-45(38)54-57-53(58-55(59-54)46-26-14-25-44-43-22-8-12-30-51(43)60-52(44)46)35-31-32-42-41-21-7-11-29-49(41)56(50(42)33-35)47-27-9-5-19-39(47)40-20-6-10-28-48(40)56/h1-33H. The van der Waals surface area contributed by atoms with Gasteiger partial charge in [0.15, 0.2) is 17.5 Å². The molecule has 0 aliphatic heterocycles. The first kappa shape index (κ1) is 33.1. The number of hydrogen-bond acceptors (Lipinski definition) is 4. The van der Waals surface area contributed by atoms with Crippen molar-refractivity contribution in [2.24, 2.45) is 0 Å². The van der Waals surface area contributed by atoms with Gasteiger partial charge in [0, 0.05) is 21.9 Å². The molecule has 4 nitrogen and oxygen atoms in total. The lowest BCUT2D eigenvalue weighted by Crippen LogP contribution is -2.25. The van der Waals surface area contributed by atoms with Gasteiger partial charge in [-0.05, 0) is 84.6 Å². The van der Waals surface area contributed by atoms with Gasteiger partial charge in [-0.2, -0.15) is 0 Å². The van der Waals surface area contributed by atoms with E-state index >= 15 is 0 Å². The zero-order chi connectivity index (χ0) is 39.4. The van der Waals surface area contributed by atoms with Crippen molar-refractivity contribution < 1.29 is 4.42 Å². The van der Waals surface area contributed by atoms with Crippen LogP contribution in [0.1, 0.15) is 22.3 Å². The number of hydrogen-bond donors (Lipinski definition) is 0. The van der Waals surface area contributed by atoms with Crippen molar-refractivity contribution in [2.75, 3.05) is 0 Å². The van der Waals surface area contributed by atoms with E-state index in [1.807, 2.05) is 18.2 Å². The largest absolute Gasteiger partial charge is 0.455 e. The fraction of sp³-hybridized carbons (Fsp3) is 0.0179. The van der Waals surface area contributed by atoms with Crippen molar-refractivity contribution in [1.29, 1.82) is 0 Å². The van der Waals surface area contributed by atoms with Gasteiger partial charge in [-0.1, -0.05) is 182 Å². The van der Waals surface area contributed by atoms with E-state index in [9.17, 15) is 0 Å². The molecule has 0 saturated carbocycles. The summed E-state index contributed by atoms with van der Waals surface area (Å²) in [5.74, 6) is 1.76. The number of rotatable bonds is 4. The van der Waals surface area contributed by atoms with Crippen LogP contribution in [0.15, 0.2) is 205 Å². The molecular formula is C56H33N3O. The molecule has 9 aromatic carbocycles. The molecule has 0 amide bonds. The number of aromatic nitrogens is 3. The van der Waals surface area contributed by atoms with E-state index in [1.165, 1.54) is 55.3 Å². The van der Waals surface area contributed by atoms with Crippen molar-refractivity contribution in [3.8, 4) is 67.5 Å². The Balaban J connectivity index is 1.08. The Morgan fingerprint density at radius 3 is 1.53 bits per heavy atom. The van der Waals surface area contributed by atoms with Gasteiger partial charge in [-0.3, -0.25) is 0 Å². The van der Waals surface area contributed by atoms with Crippen LogP contribution < -0.4 is 0 Å². The van der Waals surface area contributed by atoms with Crippen molar-refractivity contribution in [3.63, 3.8) is 0 Å². The molecule has 0 N–H and O–H groups in total. The minimum atomic E-state index is -0.491. The number of para-hydroxylation sites is 2. The van der Waals surface area contributed by atoms with Crippen LogP contribution in [0.4, 0.5) is 0 Å². The molecule has 0 saturated heterocycles. The molecule has 4 heteroatoms. The van der Waals surface area contributed by atoms with Crippen molar-refractivity contribution in [2.45, 2.75) is 5.41 Å². The Bertz CT molecular complexity index is 3510. The van der Waals surface area contributed by atoms with Crippen LogP contribution in [0.5, 0.6) is 0 Å². The van der Waals surface area contributed by atoms with Gasteiger partial charge in [-0.25, -0.2) is 15.0 Å². The minimum Gasteiger partial charge on any atom is -0.455 e. The summed E-state index contributed by atoms with van der Waals surface area (Å²) >= 11 is 0. The summed E-state index contributed by atoms with van der Waals surface area (Å²) in [5, 5.41) is 4.44. The molecule has 2 heterocycles. The first-order chi connectivity index (χ1) is 29.8. The fourth-order valence-corrected chi connectivity index (χ4v) is 10.3. The van der Waals surface area contributed by atoms with Crippen LogP contribution in [0, 0.1) is 0 Å². The molecule has 0 radical (unpaired) electrons. The Morgan fingerprint density at radius 2 is 0.800 bits per heavy atom. The summed E-state index contributed by atoms with van der Waals surface area (Å²) in [6.07, 6.45) is 0. The van der Waals surface area contributed by atoms with Crippen molar-refractivity contribution in [1.82, 2.24) is 15.0 Å². The van der Waals surface area contributed by atoms with E-state index in [4.69, 9.17) is 19.4 Å². The highest BCUT2D eigenvalue weighted by atomic mass is 16.3. The van der Waals surface area contributed by atoms with E-state index < -0.39 is 5.41 Å². The first-order valence-corrected chi connectivity index (χ1v) is 20.4. The molecule has 2 aliphatic rings. The second-order valence-electron chi connectivity index (χ2n) is 15.8. The van der Waals surface area contributed by atoms with E-state index in [2.05, 4.69) is 182 Å². The summed E-state index contributed by atoms with van der Waals surface area (Å²) in [6, 6.07) is 71.4. The third-order valence-corrected chi connectivity index (χ3v) is 12.8. The third-order valence-electron chi connectivity index (χ3n) is 12.8. The highest BCUT2D eigenvalue weighted by Crippen LogP contribution is 2.63. The minimum absolute atomic E-state index is 0.491. The van der Waals surface area contributed by atoms with E-state index in [0.717, 1.165) is 49.8 Å². The summed E-state index contributed by atoms with van der Waals surface area (Å²) in [5.41, 5.74) is 16.1. The molecule has 1 spiro atoms. The molecule has 0 unspecified atom stereocenters. The lowest BCUT2D eigenvalue weighted by molar-refractivity contribution is 0.669. The Kier molecular flexibility index (Phi) is 6.90. The zero-order valence-electron chi connectivity index (χ0n) is 32.3. The fourth-order valence-electron chi connectivity index (χ4n) is 10.3. The molecular weight excluding hydrogens is 731 g/mol. The summed E-state index contributed by atoms with van der Waals surface area (Å²) in [7, 11) is 0. The predicted molar refractivity (Wildman–Crippen MR) is 243 cm³/mol. The topological polar surface area (TPSA) is 51.8 Å². The summed E-state index contributed by atoms with van der Waals surface area (Å²) in [6.45, 7) is 0. The zero-order valence-corrected chi connectivity index (χ0v) is 32.3. The van der Waals surface area contributed by atoms with Crippen molar-refractivity contribution in [3.05, 3.63) is 222 Å². The SMILES string of the molecule is c1ccc(-c2cccc3ccccc23)c(-c2nc(-c3ccc4c(c3)C3(c5ccccc5-c5ccccc53)c3ccccc3-4)nc(-c3cccc4c3oc3ccccc34)n2)c1. The normalized spacial score (nSPS) is 13.1. The highest BCUT2D eigenvalue weighted by molar-refractivity contribution is 6.09. The monoisotopic (exact) mass is 763 g/mol. The van der Waals surface area contributed by atoms with Gasteiger partial charge in [0.05, 0.1) is 11.0 Å². The van der Waals surface area contributed by atoms with Crippen LogP contribution in [-0.2, 0) is 5.41 Å². The smallest absolute Gasteiger partial charge is 0.167 e. The molecule has 2 aromatic heterocycles. The van der Waals surface area contributed by atoms with E-state index in [1.54, 1.807) is 0 Å². The third kappa shape index (κ3) is 4.53. The Morgan fingerprint density at radius 1 is 0.317 bits per heavy atom. The molecule has 0 bridgehead atoms. The van der Waals surface area contributed by atoms with Crippen LogP contribution in [-0.4, -0.2) is 15.0 Å². The molecule has 13 rings (SSSR count). The Hall–Kier alpha value is -7.95. The van der Waals surface area contributed by atoms with Gasteiger partial charge >= 0.3 is 0 Å². The van der Waals surface area contributed by atoms with Gasteiger partial charge in [0.2, 0.25) is 0 Å². The summed E-state index contributed by atoms with van der Waals surface area (Å²) in [4.78, 5) is 16.1. The van der Waals surface area contributed by atoms with Gasteiger partial charge < -0.3 is 4.42 Å². The number of nitrogens with zero attached hydrogens (tertiary/aromatic N) is 3. The van der Waals surface area contributed by atoms with Gasteiger partial charge in [0.1, 0.15) is 11.2 Å². The average molecular weight is 764 g/mol. The number of fused-ring (bicyclic) bond motifs is 14. The quantitative estimate of drug-likeness (QED) is 0.179. The maximum Gasteiger partial charge on any atom is 0.167 e. The van der Waals surface area contributed by atoms with Crippen LogP contribution >= 0.6 is 0 Å². The molecule has 60 heavy (non-hydrogen) atoms. The average Bonchev–Trinajstić information content (AvgIpc) is 3.95. The van der Waals surface area contributed by atoms with Gasteiger partial charge in [0.25, 0.3) is 0 Å². The first-order valence-electron chi connectivity index (χ1n) is 20.4. The van der Waals surface area contributed by atoms with Crippen LogP contribution in [0.25, 0.3) is 100 Å². The molecule has 11 aromatic rings. The lowest BCUT2D eigenvalue weighted by Gasteiger charge is -2.30. The van der Waals surface area contributed by atoms with E-state index in [0.29, 0.717) is 17.5 Å². The van der Waals surface area contributed by atoms with Gasteiger partial charge in [-0.15, -0.1) is 0 Å². The molecule has 0 atom stereocenters. The number of benzene rings is 9. The predicted octanol–water partition coefficient (Wildman–Crippen LogP) is 13.9. The second kappa shape index (κ2) is 12.5. The summed E-state index contributed by atoms with van der Waals surface area (Å²) < 4.78 is 6.60. The lowest BCUT2D eigenvalue weighted by atomic mass is 9.70.